The minimum Gasteiger partial charge on any atom is -0.351 e. The third kappa shape index (κ3) is 5.36. The molecule has 1 amide bonds. The fourth-order valence-corrected chi connectivity index (χ4v) is 2.66. The van der Waals surface area contributed by atoms with E-state index >= 15 is 0 Å². The Morgan fingerprint density at radius 1 is 1.04 bits per heavy atom. The molecule has 25 heavy (non-hydrogen) atoms. The number of piperazine rings is 1. The number of rotatable bonds is 6. The summed E-state index contributed by atoms with van der Waals surface area (Å²) in [6, 6.07) is 7.43. The van der Waals surface area contributed by atoms with Gasteiger partial charge in [-0.1, -0.05) is 6.07 Å². The van der Waals surface area contributed by atoms with Gasteiger partial charge in [-0.15, -0.1) is 0 Å². The normalized spacial score (nSPS) is 15.4. The number of anilines is 1. The molecule has 0 spiro atoms. The largest absolute Gasteiger partial charge is 0.351 e. The van der Waals surface area contributed by atoms with Crippen molar-refractivity contribution < 1.29 is 4.79 Å². The van der Waals surface area contributed by atoms with E-state index in [0.29, 0.717) is 6.54 Å². The lowest BCUT2D eigenvalue weighted by molar-refractivity contribution is -0.116. The highest BCUT2D eigenvalue weighted by Gasteiger charge is 2.18. The monoisotopic (exact) mass is 338 g/mol. The zero-order chi connectivity index (χ0) is 17.3. The van der Waals surface area contributed by atoms with Gasteiger partial charge in [-0.25, -0.2) is 9.97 Å². The Bertz CT molecular complexity index is 683. The molecular weight excluding hydrogens is 316 g/mol. The van der Waals surface area contributed by atoms with Gasteiger partial charge in [-0.2, -0.15) is 0 Å². The zero-order valence-electron chi connectivity index (χ0n) is 14.1. The summed E-state index contributed by atoms with van der Waals surface area (Å²) in [6.07, 6.45) is 8.48. The van der Waals surface area contributed by atoms with E-state index in [0.717, 1.165) is 44.4 Å². The highest BCUT2D eigenvalue weighted by atomic mass is 16.1. The molecule has 7 nitrogen and oxygen atoms in total. The smallest absolute Gasteiger partial charge is 0.244 e. The molecule has 3 rings (SSSR count). The number of nitrogens with zero attached hydrogens (tertiary/aromatic N) is 5. The lowest BCUT2D eigenvalue weighted by Crippen LogP contribution is -2.48. The van der Waals surface area contributed by atoms with E-state index in [1.54, 1.807) is 24.7 Å². The number of pyridine rings is 1. The van der Waals surface area contributed by atoms with Crippen molar-refractivity contribution in [3.63, 3.8) is 0 Å². The van der Waals surface area contributed by atoms with E-state index in [-0.39, 0.29) is 5.91 Å². The van der Waals surface area contributed by atoms with Gasteiger partial charge in [0.15, 0.2) is 0 Å². The summed E-state index contributed by atoms with van der Waals surface area (Å²) in [6.45, 7) is 5.16. The second kappa shape index (κ2) is 8.89. The molecule has 0 aromatic carbocycles. The standard InChI is InChI=1S/C18H22N6O/c25-17(6-5-16-4-1-2-7-19-16)20-10-11-23-12-14-24(15-13-23)18-21-8-3-9-22-18/h1-9H,10-15H2,(H,20,25)/b6-5+. The summed E-state index contributed by atoms with van der Waals surface area (Å²) in [5, 5.41) is 2.91. The second-order valence-corrected chi connectivity index (χ2v) is 5.76. The van der Waals surface area contributed by atoms with Crippen molar-refractivity contribution in [2.75, 3.05) is 44.2 Å². The van der Waals surface area contributed by atoms with Crippen LogP contribution in [0.1, 0.15) is 5.69 Å². The van der Waals surface area contributed by atoms with Gasteiger partial charge < -0.3 is 10.2 Å². The maximum Gasteiger partial charge on any atom is 0.244 e. The molecule has 3 heterocycles. The Balaban J connectivity index is 1.35. The van der Waals surface area contributed by atoms with Crippen LogP contribution in [0.2, 0.25) is 0 Å². The number of carbonyl (C=O) groups is 1. The molecule has 2 aromatic heterocycles. The highest BCUT2D eigenvalue weighted by Crippen LogP contribution is 2.09. The van der Waals surface area contributed by atoms with Gasteiger partial charge in [0.05, 0.1) is 5.69 Å². The van der Waals surface area contributed by atoms with Crippen LogP contribution in [0.3, 0.4) is 0 Å². The SMILES string of the molecule is O=C(/C=C/c1ccccn1)NCCN1CCN(c2ncccn2)CC1. The van der Waals surface area contributed by atoms with Crippen LogP contribution in [0.15, 0.2) is 48.9 Å². The van der Waals surface area contributed by atoms with Crippen LogP contribution < -0.4 is 10.2 Å². The second-order valence-electron chi connectivity index (χ2n) is 5.76. The fourth-order valence-electron chi connectivity index (χ4n) is 2.66. The summed E-state index contributed by atoms with van der Waals surface area (Å²) in [5.74, 6) is 0.692. The molecule has 130 valence electrons. The van der Waals surface area contributed by atoms with Gasteiger partial charge >= 0.3 is 0 Å². The summed E-state index contributed by atoms with van der Waals surface area (Å²) >= 11 is 0. The molecule has 0 bridgehead atoms. The molecule has 1 N–H and O–H groups in total. The summed E-state index contributed by atoms with van der Waals surface area (Å²) in [4.78, 5) is 29.1. The summed E-state index contributed by atoms with van der Waals surface area (Å²) < 4.78 is 0. The van der Waals surface area contributed by atoms with Crippen molar-refractivity contribution in [2.45, 2.75) is 0 Å². The first-order valence-electron chi connectivity index (χ1n) is 8.42. The summed E-state index contributed by atoms with van der Waals surface area (Å²) in [5.41, 5.74) is 0.775. The lowest BCUT2D eigenvalue weighted by Gasteiger charge is -2.34. The van der Waals surface area contributed by atoms with Crippen LogP contribution in [0.25, 0.3) is 6.08 Å². The Morgan fingerprint density at radius 2 is 1.80 bits per heavy atom. The minimum absolute atomic E-state index is 0.0954. The molecule has 7 heteroatoms. The molecule has 1 aliphatic rings. The van der Waals surface area contributed by atoms with Crippen molar-refractivity contribution in [1.82, 2.24) is 25.2 Å². The number of hydrogen-bond acceptors (Lipinski definition) is 6. The predicted molar refractivity (Wildman–Crippen MR) is 97.0 cm³/mol. The average molecular weight is 338 g/mol. The molecule has 0 atom stereocenters. The maximum atomic E-state index is 11.8. The van der Waals surface area contributed by atoms with Crippen molar-refractivity contribution >= 4 is 17.9 Å². The average Bonchev–Trinajstić information content (AvgIpc) is 2.68. The lowest BCUT2D eigenvalue weighted by atomic mass is 10.3. The van der Waals surface area contributed by atoms with E-state index < -0.39 is 0 Å². The molecule has 0 radical (unpaired) electrons. The third-order valence-corrected chi connectivity index (χ3v) is 4.03. The maximum absolute atomic E-state index is 11.8. The van der Waals surface area contributed by atoms with E-state index in [1.165, 1.54) is 6.08 Å². The van der Waals surface area contributed by atoms with Crippen LogP contribution in [-0.4, -0.2) is 65.0 Å². The Kier molecular flexibility index (Phi) is 6.06. The molecule has 2 aromatic rings. The van der Waals surface area contributed by atoms with Crippen LogP contribution in [-0.2, 0) is 4.79 Å². The topological polar surface area (TPSA) is 74.2 Å². The van der Waals surface area contributed by atoms with E-state index in [1.807, 2.05) is 24.3 Å². The Hall–Kier alpha value is -2.80. The number of amides is 1. The van der Waals surface area contributed by atoms with Crippen molar-refractivity contribution in [3.05, 3.63) is 54.6 Å². The van der Waals surface area contributed by atoms with Crippen LogP contribution >= 0.6 is 0 Å². The van der Waals surface area contributed by atoms with Crippen LogP contribution in [0, 0.1) is 0 Å². The Labute approximate surface area is 147 Å². The van der Waals surface area contributed by atoms with Crippen LogP contribution in [0.5, 0.6) is 0 Å². The van der Waals surface area contributed by atoms with E-state index in [4.69, 9.17) is 0 Å². The van der Waals surface area contributed by atoms with Gasteiger partial charge in [0.2, 0.25) is 11.9 Å². The summed E-state index contributed by atoms with van der Waals surface area (Å²) in [7, 11) is 0. The van der Waals surface area contributed by atoms with Gasteiger partial charge in [-0.3, -0.25) is 14.7 Å². The number of carbonyl (C=O) groups excluding carboxylic acids is 1. The van der Waals surface area contributed by atoms with Gasteiger partial charge in [0.1, 0.15) is 0 Å². The quantitative estimate of drug-likeness (QED) is 0.786. The molecule has 1 saturated heterocycles. The molecule has 0 unspecified atom stereocenters. The predicted octanol–water partition coefficient (Wildman–Crippen LogP) is 0.823. The highest BCUT2D eigenvalue weighted by molar-refractivity contribution is 5.91. The first-order valence-corrected chi connectivity index (χ1v) is 8.42. The van der Waals surface area contributed by atoms with Crippen LogP contribution in [0.4, 0.5) is 5.95 Å². The molecular formula is C18H22N6O. The van der Waals surface area contributed by atoms with E-state index in [9.17, 15) is 4.79 Å². The van der Waals surface area contributed by atoms with Crippen molar-refractivity contribution in [1.29, 1.82) is 0 Å². The number of aromatic nitrogens is 3. The van der Waals surface area contributed by atoms with Gasteiger partial charge in [0, 0.05) is 63.9 Å². The number of nitrogens with one attached hydrogen (secondary N) is 1. The first-order chi connectivity index (χ1) is 12.3. The van der Waals surface area contributed by atoms with Crippen molar-refractivity contribution in [3.8, 4) is 0 Å². The molecule has 1 aliphatic heterocycles. The third-order valence-electron chi connectivity index (χ3n) is 4.03. The molecule has 1 fully saturated rings. The molecule has 0 saturated carbocycles. The van der Waals surface area contributed by atoms with Gasteiger partial charge in [0.25, 0.3) is 0 Å². The minimum atomic E-state index is -0.0954. The van der Waals surface area contributed by atoms with Crippen molar-refractivity contribution in [2.24, 2.45) is 0 Å². The van der Waals surface area contributed by atoms with Gasteiger partial charge in [-0.05, 0) is 24.3 Å². The Morgan fingerprint density at radius 3 is 2.52 bits per heavy atom. The number of hydrogen-bond donors (Lipinski definition) is 1. The fraction of sp³-hybridized carbons (Fsp3) is 0.333. The first kappa shape index (κ1) is 17.0. The van der Waals surface area contributed by atoms with E-state index in [2.05, 4.69) is 30.1 Å². The zero-order valence-corrected chi connectivity index (χ0v) is 14.1. The molecule has 0 aliphatic carbocycles.